The topological polar surface area (TPSA) is 76.0 Å². The van der Waals surface area contributed by atoms with Gasteiger partial charge in [0.2, 0.25) is 11.8 Å². The van der Waals surface area contributed by atoms with Crippen molar-refractivity contribution in [1.29, 1.82) is 0 Å². The molecule has 1 heterocycles. The number of hydrogen-bond donors (Lipinski definition) is 2. The first-order valence-electron chi connectivity index (χ1n) is 7.15. The molecular weight excluding hydrogens is 280 g/mol. The van der Waals surface area contributed by atoms with E-state index >= 15 is 0 Å². The molecule has 0 radical (unpaired) electrons. The van der Waals surface area contributed by atoms with Gasteiger partial charge in [-0.15, -0.1) is 0 Å². The van der Waals surface area contributed by atoms with Gasteiger partial charge in [0.1, 0.15) is 11.9 Å². The summed E-state index contributed by atoms with van der Waals surface area (Å²) in [5, 5.41) is 5.70. The standard InChI is InChI=1S/C16H20N4O2/c1-4-14(22)19-15(16-17-9-10-20(16)3)12-5-7-13(8-6-12)18-11(2)21/h5-10,15H,4H2,1-3H3,(H,18,21)(H,19,22). The van der Waals surface area contributed by atoms with E-state index in [1.165, 1.54) is 6.92 Å². The first kappa shape index (κ1) is 15.8. The number of anilines is 1. The Kier molecular flexibility index (Phi) is 4.93. The van der Waals surface area contributed by atoms with E-state index < -0.39 is 0 Å². The van der Waals surface area contributed by atoms with Crippen molar-refractivity contribution in [1.82, 2.24) is 14.9 Å². The second-order valence-electron chi connectivity index (χ2n) is 5.05. The number of nitrogens with one attached hydrogen (secondary N) is 2. The molecule has 0 aliphatic carbocycles. The summed E-state index contributed by atoms with van der Waals surface area (Å²) in [6.07, 6.45) is 3.95. The molecule has 0 saturated carbocycles. The van der Waals surface area contributed by atoms with Crippen LogP contribution in [0.15, 0.2) is 36.7 Å². The number of aromatic nitrogens is 2. The summed E-state index contributed by atoms with van der Waals surface area (Å²) in [5.41, 5.74) is 1.63. The van der Waals surface area contributed by atoms with E-state index in [4.69, 9.17) is 0 Å². The molecule has 6 nitrogen and oxygen atoms in total. The van der Waals surface area contributed by atoms with Gasteiger partial charge >= 0.3 is 0 Å². The third-order valence-corrected chi connectivity index (χ3v) is 3.31. The minimum Gasteiger partial charge on any atom is -0.342 e. The van der Waals surface area contributed by atoms with Crippen LogP contribution < -0.4 is 10.6 Å². The molecule has 1 atom stereocenters. The largest absolute Gasteiger partial charge is 0.342 e. The average molecular weight is 300 g/mol. The maximum Gasteiger partial charge on any atom is 0.221 e. The van der Waals surface area contributed by atoms with Gasteiger partial charge in [0.05, 0.1) is 0 Å². The lowest BCUT2D eigenvalue weighted by Gasteiger charge is -2.19. The van der Waals surface area contributed by atoms with Crippen LogP contribution in [0.2, 0.25) is 0 Å². The van der Waals surface area contributed by atoms with E-state index in [0.29, 0.717) is 6.42 Å². The molecule has 0 aliphatic heterocycles. The lowest BCUT2D eigenvalue weighted by Crippen LogP contribution is -2.30. The predicted molar refractivity (Wildman–Crippen MR) is 84.2 cm³/mol. The van der Waals surface area contributed by atoms with Crippen molar-refractivity contribution in [2.75, 3.05) is 5.32 Å². The fourth-order valence-electron chi connectivity index (χ4n) is 2.18. The molecule has 2 aromatic rings. The number of rotatable bonds is 5. The Labute approximate surface area is 129 Å². The molecule has 2 rings (SSSR count). The Bertz CT molecular complexity index is 661. The van der Waals surface area contributed by atoms with Crippen LogP contribution in [-0.4, -0.2) is 21.4 Å². The quantitative estimate of drug-likeness (QED) is 0.886. The zero-order chi connectivity index (χ0) is 16.1. The highest BCUT2D eigenvalue weighted by atomic mass is 16.2. The van der Waals surface area contributed by atoms with Gasteiger partial charge in [0, 0.05) is 38.5 Å². The average Bonchev–Trinajstić information content (AvgIpc) is 2.91. The normalized spacial score (nSPS) is 11.8. The summed E-state index contributed by atoms with van der Waals surface area (Å²) in [6, 6.07) is 7.05. The number of imidazole rings is 1. The van der Waals surface area contributed by atoms with Crippen molar-refractivity contribution in [3.63, 3.8) is 0 Å². The Morgan fingerprint density at radius 2 is 1.95 bits per heavy atom. The van der Waals surface area contributed by atoms with Crippen LogP contribution in [0.25, 0.3) is 0 Å². The summed E-state index contributed by atoms with van der Waals surface area (Å²) >= 11 is 0. The van der Waals surface area contributed by atoms with Crippen LogP contribution in [0.3, 0.4) is 0 Å². The molecule has 2 N–H and O–H groups in total. The number of aryl methyl sites for hydroxylation is 1. The highest BCUT2D eigenvalue weighted by Crippen LogP contribution is 2.22. The number of hydrogen-bond acceptors (Lipinski definition) is 3. The Hall–Kier alpha value is -2.63. The first-order valence-corrected chi connectivity index (χ1v) is 7.15. The third-order valence-electron chi connectivity index (χ3n) is 3.31. The summed E-state index contributed by atoms with van der Waals surface area (Å²) in [5.74, 6) is 0.598. The van der Waals surface area contributed by atoms with Gasteiger partial charge in [-0.1, -0.05) is 19.1 Å². The van der Waals surface area contributed by atoms with Crippen LogP contribution >= 0.6 is 0 Å². The van der Waals surface area contributed by atoms with Crippen LogP contribution in [-0.2, 0) is 16.6 Å². The molecule has 0 aliphatic rings. The predicted octanol–water partition coefficient (Wildman–Crippen LogP) is 1.99. The molecule has 0 saturated heterocycles. The molecule has 0 spiro atoms. The smallest absolute Gasteiger partial charge is 0.221 e. The molecule has 0 fully saturated rings. The monoisotopic (exact) mass is 300 g/mol. The molecule has 0 bridgehead atoms. The molecule has 116 valence electrons. The Balaban J connectivity index is 2.30. The van der Waals surface area contributed by atoms with Gasteiger partial charge in [-0.05, 0) is 17.7 Å². The molecular formula is C16H20N4O2. The van der Waals surface area contributed by atoms with Gasteiger partial charge in [0.15, 0.2) is 0 Å². The third kappa shape index (κ3) is 3.72. The lowest BCUT2D eigenvalue weighted by atomic mass is 10.1. The fraction of sp³-hybridized carbons (Fsp3) is 0.312. The van der Waals surface area contributed by atoms with E-state index in [2.05, 4.69) is 15.6 Å². The van der Waals surface area contributed by atoms with Crippen molar-refractivity contribution in [2.45, 2.75) is 26.3 Å². The maximum absolute atomic E-state index is 11.8. The zero-order valence-electron chi connectivity index (χ0n) is 13.0. The summed E-state index contributed by atoms with van der Waals surface area (Å²) in [4.78, 5) is 27.2. The summed E-state index contributed by atoms with van der Waals surface area (Å²) in [6.45, 7) is 3.27. The highest BCUT2D eigenvalue weighted by Gasteiger charge is 2.20. The number of carbonyl (C=O) groups is 2. The molecule has 1 unspecified atom stereocenters. The first-order chi connectivity index (χ1) is 10.5. The lowest BCUT2D eigenvalue weighted by molar-refractivity contribution is -0.121. The van der Waals surface area contributed by atoms with Crippen LogP contribution in [0.5, 0.6) is 0 Å². The SMILES string of the molecule is CCC(=O)NC(c1ccc(NC(C)=O)cc1)c1nccn1C. The van der Waals surface area contributed by atoms with Gasteiger partial charge in [-0.25, -0.2) is 4.98 Å². The second kappa shape index (κ2) is 6.89. The number of nitrogens with zero attached hydrogens (tertiary/aromatic N) is 2. The van der Waals surface area contributed by atoms with E-state index in [0.717, 1.165) is 17.1 Å². The van der Waals surface area contributed by atoms with Gasteiger partial charge in [-0.3, -0.25) is 9.59 Å². The fourth-order valence-corrected chi connectivity index (χ4v) is 2.18. The van der Waals surface area contributed by atoms with Crippen molar-refractivity contribution in [2.24, 2.45) is 7.05 Å². The minimum absolute atomic E-state index is 0.0427. The molecule has 2 amide bonds. The highest BCUT2D eigenvalue weighted by molar-refractivity contribution is 5.88. The Morgan fingerprint density at radius 1 is 1.27 bits per heavy atom. The zero-order valence-corrected chi connectivity index (χ0v) is 13.0. The van der Waals surface area contributed by atoms with Crippen molar-refractivity contribution < 1.29 is 9.59 Å². The molecule has 6 heteroatoms. The van der Waals surface area contributed by atoms with Gasteiger partial charge in [0.25, 0.3) is 0 Å². The maximum atomic E-state index is 11.8. The van der Waals surface area contributed by atoms with Crippen molar-refractivity contribution in [3.8, 4) is 0 Å². The van der Waals surface area contributed by atoms with Crippen LogP contribution in [0, 0.1) is 0 Å². The molecule has 22 heavy (non-hydrogen) atoms. The number of amides is 2. The summed E-state index contributed by atoms with van der Waals surface area (Å²) < 4.78 is 1.88. The van der Waals surface area contributed by atoms with E-state index in [1.807, 2.05) is 49.0 Å². The van der Waals surface area contributed by atoms with Crippen molar-refractivity contribution >= 4 is 17.5 Å². The van der Waals surface area contributed by atoms with Crippen molar-refractivity contribution in [3.05, 3.63) is 48.0 Å². The van der Waals surface area contributed by atoms with Crippen LogP contribution in [0.1, 0.15) is 37.7 Å². The van der Waals surface area contributed by atoms with E-state index in [-0.39, 0.29) is 17.9 Å². The number of carbonyl (C=O) groups excluding carboxylic acids is 2. The number of benzene rings is 1. The van der Waals surface area contributed by atoms with Gasteiger partial charge < -0.3 is 15.2 Å². The van der Waals surface area contributed by atoms with Crippen LogP contribution in [0.4, 0.5) is 5.69 Å². The van der Waals surface area contributed by atoms with E-state index in [1.54, 1.807) is 6.20 Å². The minimum atomic E-state index is -0.321. The Morgan fingerprint density at radius 3 is 2.45 bits per heavy atom. The van der Waals surface area contributed by atoms with Gasteiger partial charge in [-0.2, -0.15) is 0 Å². The molecule has 1 aromatic carbocycles. The molecule has 1 aromatic heterocycles. The second-order valence-corrected chi connectivity index (χ2v) is 5.05. The summed E-state index contributed by atoms with van der Waals surface area (Å²) in [7, 11) is 1.89. The van der Waals surface area contributed by atoms with E-state index in [9.17, 15) is 9.59 Å².